The normalized spacial score (nSPS) is 11.6. The molecule has 0 aliphatic heterocycles. The van der Waals surface area contributed by atoms with Gasteiger partial charge in [-0.3, -0.25) is 3.89 Å². The summed E-state index contributed by atoms with van der Waals surface area (Å²) in [6.07, 6.45) is 18.1. The third-order valence-electron chi connectivity index (χ3n) is 7.03. The van der Waals surface area contributed by atoms with Gasteiger partial charge in [-0.15, -0.1) is 0 Å². The smallest absolute Gasteiger partial charge is 0.469 e. The summed E-state index contributed by atoms with van der Waals surface area (Å²) in [5.74, 6) is 0. The second-order valence-corrected chi connectivity index (χ2v) is 10.4. The highest BCUT2D eigenvalue weighted by atomic mass is 32.1. The third-order valence-corrected chi connectivity index (χ3v) is 7.58. The third kappa shape index (κ3) is 9.31. The lowest BCUT2D eigenvalue weighted by atomic mass is 10.00. The van der Waals surface area contributed by atoms with Crippen molar-refractivity contribution in [3.8, 4) is 0 Å². The minimum atomic E-state index is -1.00. The molecular formula is C31H47NO2S. The Labute approximate surface area is 220 Å². The van der Waals surface area contributed by atoms with Gasteiger partial charge in [-0.1, -0.05) is 127 Å². The van der Waals surface area contributed by atoms with E-state index in [2.05, 4.69) is 26.0 Å². The molecule has 0 saturated heterocycles. The largest absolute Gasteiger partial charge is 0.505 e. The maximum absolute atomic E-state index is 12.7. The Hall–Kier alpha value is -1.78. The van der Waals surface area contributed by atoms with E-state index in [1.54, 1.807) is 0 Å². The maximum atomic E-state index is 12.7. The summed E-state index contributed by atoms with van der Waals surface area (Å²) in [4.78, 5) is 12.7. The highest BCUT2D eigenvalue weighted by molar-refractivity contribution is 7.59. The van der Waals surface area contributed by atoms with Crippen molar-refractivity contribution < 1.29 is 9.90 Å². The number of para-hydroxylation sites is 2. The minimum absolute atomic E-state index is 0.598. The van der Waals surface area contributed by atoms with E-state index in [4.69, 9.17) is 12.8 Å². The molecule has 2 aromatic rings. The summed E-state index contributed by atoms with van der Waals surface area (Å²) >= 11 is 5.97. The van der Waals surface area contributed by atoms with Crippen LogP contribution in [0, 0.1) is 0 Å². The maximum Gasteiger partial charge on any atom is 0.505 e. The predicted octanol–water partition coefficient (Wildman–Crippen LogP) is 10.1. The number of hydrogen-bond acceptors (Lipinski definition) is 2. The van der Waals surface area contributed by atoms with Gasteiger partial charge in [0.05, 0.1) is 0 Å². The van der Waals surface area contributed by atoms with Gasteiger partial charge in [0.2, 0.25) is 0 Å². The fourth-order valence-electron chi connectivity index (χ4n) is 4.94. The average Bonchev–Trinajstić information content (AvgIpc) is 2.87. The molecule has 3 nitrogen and oxygen atoms in total. The Morgan fingerprint density at radius 2 is 0.971 bits per heavy atom. The first-order valence-electron chi connectivity index (χ1n) is 14.1. The Morgan fingerprint density at radius 1 is 0.629 bits per heavy atom. The van der Waals surface area contributed by atoms with E-state index in [0.717, 1.165) is 36.8 Å². The lowest BCUT2D eigenvalue weighted by Crippen LogP contribution is -2.44. The van der Waals surface area contributed by atoms with Crippen LogP contribution in [0.2, 0.25) is 0 Å². The van der Waals surface area contributed by atoms with E-state index < -0.39 is 9.98 Å². The van der Waals surface area contributed by atoms with Crippen LogP contribution in [0.3, 0.4) is 0 Å². The molecule has 0 heterocycles. The molecule has 4 heteroatoms. The Kier molecular flexibility index (Phi) is 14.1. The summed E-state index contributed by atoms with van der Waals surface area (Å²) in [6.45, 7) is 4.48. The fourth-order valence-corrected chi connectivity index (χ4v) is 5.30. The molecule has 0 aromatic heterocycles. The highest BCUT2D eigenvalue weighted by Crippen LogP contribution is 2.39. The van der Waals surface area contributed by atoms with Gasteiger partial charge in [0, 0.05) is 11.1 Å². The van der Waals surface area contributed by atoms with Gasteiger partial charge in [0.15, 0.2) is 0 Å². The number of quaternary nitrogens is 1. The van der Waals surface area contributed by atoms with Crippen LogP contribution >= 0.6 is 0 Å². The Morgan fingerprint density at radius 3 is 1.34 bits per heavy atom. The van der Waals surface area contributed by atoms with Crippen LogP contribution in [0.15, 0.2) is 48.5 Å². The van der Waals surface area contributed by atoms with Crippen molar-refractivity contribution in [1.29, 1.82) is 0 Å². The standard InChI is InChI=1S/C31H47NO2S/c1-3-5-7-9-11-13-15-21-27-23-17-19-25-29(27)32(35,31(33)34)30-26-20-18-24-28(30)22-16-14-12-10-8-6-4-2/h17-20,23-26H,3-16,21-22H2,1-2H3,(H,33,34). The summed E-state index contributed by atoms with van der Waals surface area (Å²) in [5, 5.41) is 10.4. The molecule has 0 unspecified atom stereocenters. The van der Waals surface area contributed by atoms with Crippen molar-refractivity contribution in [3.05, 3.63) is 59.7 Å². The molecule has 2 rings (SSSR count). The number of hydrogen-bond donors (Lipinski definition) is 1. The van der Waals surface area contributed by atoms with Crippen molar-refractivity contribution in [2.24, 2.45) is 0 Å². The fraction of sp³-hybridized carbons (Fsp3) is 0.581. The molecule has 0 bridgehead atoms. The van der Waals surface area contributed by atoms with Gasteiger partial charge in [0.25, 0.3) is 0 Å². The van der Waals surface area contributed by atoms with E-state index in [9.17, 15) is 9.90 Å². The molecule has 35 heavy (non-hydrogen) atoms. The van der Waals surface area contributed by atoms with E-state index in [1.807, 2.05) is 36.4 Å². The van der Waals surface area contributed by atoms with Crippen LogP contribution in [0.4, 0.5) is 16.2 Å². The van der Waals surface area contributed by atoms with Gasteiger partial charge >= 0.3 is 6.09 Å². The summed E-state index contributed by atoms with van der Waals surface area (Å²) in [6, 6.07) is 15.8. The first-order valence-corrected chi connectivity index (χ1v) is 14.4. The first kappa shape index (κ1) is 29.5. The van der Waals surface area contributed by atoms with Crippen LogP contribution < -0.4 is 3.89 Å². The lowest BCUT2D eigenvalue weighted by Gasteiger charge is -2.39. The summed E-state index contributed by atoms with van der Waals surface area (Å²) < 4.78 is -0.598. The van der Waals surface area contributed by atoms with Crippen LogP contribution in [0.1, 0.15) is 115 Å². The zero-order valence-corrected chi connectivity index (χ0v) is 23.0. The number of carboxylic acid groups (broad SMARTS) is 1. The van der Waals surface area contributed by atoms with E-state index >= 15 is 0 Å². The SMILES string of the molecule is CCCCCCCCCc1ccccc1[N+]([S-])(C(=O)O)c1ccccc1CCCCCCCCC. The summed E-state index contributed by atoms with van der Waals surface area (Å²) in [7, 11) is 0. The molecule has 0 radical (unpaired) electrons. The zero-order chi connectivity index (χ0) is 25.4. The van der Waals surface area contributed by atoms with Crippen molar-refractivity contribution in [1.82, 2.24) is 3.89 Å². The van der Waals surface area contributed by atoms with Gasteiger partial charge in [-0.2, -0.15) is 4.79 Å². The van der Waals surface area contributed by atoms with E-state index in [1.165, 1.54) is 77.0 Å². The van der Waals surface area contributed by atoms with Crippen molar-refractivity contribution in [2.45, 2.75) is 117 Å². The van der Waals surface area contributed by atoms with Crippen molar-refractivity contribution in [2.75, 3.05) is 0 Å². The monoisotopic (exact) mass is 497 g/mol. The molecule has 0 aliphatic carbocycles. The molecule has 0 saturated carbocycles. The molecule has 0 spiro atoms. The van der Waals surface area contributed by atoms with Crippen LogP contribution in [-0.4, -0.2) is 11.2 Å². The topological polar surface area (TPSA) is 37.3 Å². The van der Waals surface area contributed by atoms with E-state index in [-0.39, 0.29) is 0 Å². The first-order chi connectivity index (χ1) is 17.1. The van der Waals surface area contributed by atoms with Gasteiger partial charge in [-0.05, 0) is 37.8 Å². The quantitative estimate of drug-likeness (QED) is 0.126. The lowest BCUT2D eigenvalue weighted by molar-refractivity contribution is 0.185. The highest BCUT2D eigenvalue weighted by Gasteiger charge is 2.34. The summed E-state index contributed by atoms with van der Waals surface area (Å²) in [5.41, 5.74) is 3.55. The van der Waals surface area contributed by atoms with E-state index in [0.29, 0.717) is 11.4 Å². The molecule has 1 N–H and O–H groups in total. The number of nitrogens with zero attached hydrogens (tertiary/aromatic N) is 1. The molecular weight excluding hydrogens is 450 g/mol. The molecule has 0 atom stereocenters. The zero-order valence-electron chi connectivity index (χ0n) is 22.1. The predicted molar refractivity (Wildman–Crippen MR) is 153 cm³/mol. The molecule has 1 amide bonds. The molecule has 2 aromatic carbocycles. The average molecular weight is 498 g/mol. The van der Waals surface area contributed by atoms with Gasteiger partial charge < -0.3 is 17.9 Å². The number of benzene rings is 2. The van der Waals surface area contributed by atoms with Crippen LogP contribution in [0.5, 0.6) is 0 Å². The second-order valence-electron chi connectivity index (χ2n) is 9.89. The molecule has 0 aliphatic rings. The number of rotatable bonds is 18. The number of carbonyl (C=O) groups is 1. The Bertz CT molecular complexity index is 805. The van der Waals surface area contributed by atoms with Gasteiger partial charge in [0.1, 0.15) is 11.4 Å². The molecule has 194 valence electrons. The van der Waals surface area contributed by atoms with Crippen LogP contribution in [-0.2, 0) is 25.7 Å². The number of amides is 1. The minimum Gasteiger partial charge on any atom is -0.469 e. The van der Waals surface area contributed by atoms with Gasteiger partial charge in [-0.25, -0.2) is 0 Å². The second kappa shape index (κ2) is 16.8. The van der Waals surface area contributed by atoms with Crippen molar-refractivity contribution >= 4 is 30.3 Å². The Balaban J connectivity index is 2.13. The number of unbranched alkanes of at least 4 members (excludes halogenated alkanes) is 12. The van der Waals surface area contributed by atoms with Crippen molar-refractivity contribution in [3.63, 3.8) is 0 Å². The number of aryl methyl sites for hydroxylation is 2. The molecule has 0 fully saturated rings. The van der Waals surface area contributed by atoms with Crippen LogP contribution in [0.25, 0.3) is 0 Å².